The van der Waals surface area contributed by atoms with Crippen molar-refractivity contribution < 1.29 is 26.4 Å². The van der Waals surface area contributed by atoms with Gasteiger partial charge < -0.3 is 4.57 Å². The van der Waals surface area contributed by atoms with Crippen LogP contribution < -0.4 is 0 Å². The number of aromatic nitrogens is 2. The topological polar surface area (TPSA) is 69.0 Å². The van der Waals surface area contributed by atoms with Crippen molar-refractivity contribution in [3.63, 3.8) is 0 Å². The van der Waals surface area contributed by atoms with E-state index in [0.29, 0.717) is 6.42 Å². The number of ketones is 1. The van der Waals surface area contributed by atoms with Crippen molar-refractivity contribution in [1.82, 2.24) is 9.55 Å². The van der Waals surface area contributed by atoms with Crippen molar-refractivity contribution in [2.24, 2.45) is 5.92 Å². The summed E-state index contributed by atoms with van der Waals surface area (Å²) in [4.78, 5) is 16.1. The maximum atomic E-state index is 13.2. The quantitative estimate of drug-likeness (QED) is 0.611. The van der Waals surface area contributed by atoms with Crippen LogP contribution in [0.4, 0.5) is 13.2 Å². The van der Waals surface area contributed by atoms with Gasteiger partial charge in [-0.05, 0) is 31.0 Å². The second kappa shape index (κ2) is 7.68. The molecule has 152 valence electrons. The third-order valence-corrected chi connectivity index (χ3v) is 6.95. The Bertz CT molecular complexity index is 1010. The molecule has 2 atom stereocenters. The molecule has 0 N–H and O–H groups in total. The molecule has 1 aromatic carbocycles. The molecule has 0 spiro atoms. The zero-order chi connectivity index (χ0) is 20.7. The molecular formula is C17H15Cl2F3N2O3S. The smallest absolute Gasteiger partial charge is 0.317 e. The lowest BCUT2D eigenvalue weighted by molar-refractivity contribution is -0.181. The first-order valence-electron chi connectivity index (χ1n) is 8.31. The van der Waals surface area contributed by atoms with E-state index >= 15 is 0 Å². The second-order valence-corrected chi connectivity index (χ2v) is 9.36. The van der Waals surface area contributed by atoms with Crippen LogP contribution in [0.1, 0.15) is 35.8 Å². The molecule has 0 radical (unpaired) electrons. The second-order valence-electron chi connectivity index (χ2n) is 6.58. The highest BCUT2D eigenvalue weighted by Gasteiger charge is 2.48. The lowest BCUT2D eigenvalue weighted by Gasteiger charge is -2.24. The monoisotopic (exact) mass is 454 g/mol. The van der Waals surface area contributed by atoms with Gasteiger partial charge in [-0.1, -0.05) is 35.7 Å². The zero-order valence-electron chi connectivity index (χ0n) is 14.3. The molecule has 5 nitrogen and oxygen atoms in total. The molecular weight excluding hydrogens is 440 g/mol. The van der Waals surface area contributed by atoms with Gasteiger partial charge in [-0.3, -0.25) is 4.79 Å². The predicted molar refractivity (Wildman–Crippen MR) is 97.5 cm³/mol. The van der Waals surface area contributed by atoms with E-state index in [0.717, 1.165) is 10.9 Å². The van der Waals surface area contributed by atoms with Crippen LogP contribution in [0.3, 0.4) is 0 Å². The number of imidazole rings is 1. The Balaban J connectivity index is 1.85. The standard InChI is InChI=1S/C17H15Cl2F3N2O3S/c18-10-3-1-4-11(7-10)28(26,27)8-14(25)15-16(19)24(9-23-15)13-6-2-5-12(13)17(20,21)22/h1,3-4,7,9,12-13H,2,5-6,8H2. The molecule has 0 aliphatic heterocycles. The average molecular weight is 455 g/mol. The van der Waals surface area contributed by atoms with Gasteiger partial charge in [0.25, 0.3) is 0 Å². The minimum atomic E-state index is -4.39. The van der Waals surface area contributed by atoms with Crippen LogP contribution in [0.5, 0.6) is 0 Å². The van der Waals surface area contributed by atoms with Gasteiger partial charge in [-0.25, -0.2) is 13.4 Å². The molecule has 1 saturated carbocycles. The molecule has 1 aliphatic carbocycles. The Hall–Kier alpha value is -1.58. The largest absolute Gasteiger partial charge is 0.393 e. The molecule has 2 unspecified atom stereocenters. The maximum Gasteiger partial charge on any atom is 0.393 e. The molecule has 28 heavy (non-hydrogen) atoms. The van der Waals surface area contributed by atoms with Crippen LogP contribution in [0.15, 0.2) is 35.5 Å². The van der Waals surface area contributed by atoms with Gasteiger partial charge in [0.15, 0.2) is 15.6 Å². The van der Waals surface area contributed by atoms with E-state index in [1.165, 1.54) is 24.3 Å². The van der Waals surface area contributed by atoms with Crippen LogP contribution in [-0.2, 0) is 9.84 Å². The number of alkyl halides is 3. The summed E-state index contributed by atoms with van der Waals surface area (Å²) >= 11 is 11.9. The van der Waals surface area contributed by atoms with Gasteiger partial charge in [0.1, 0.15) is 16.6 Å². The number of nitrogens with zero attached hydrogens (tertiary/aromatic N) is 2. The highest BCUT2D eigenvalue weighted by Crippen LogP contribution is 2.46. The molecule has 1 aromatic heterocycles. The van der Waals surface area contributed by atoms with Gasteiger partial charge in [0, 0.05) is 11.1 Å². The fraction of sp³-hybridized carbons (Fsp3) is 0.412. The predicted octanol–water partition coefficient (Wildman–Crippen LogP) is 4.75. The summed E-state index contributed by atoms with van der Waals surface area (Å²) in [5, 5.41) is -0.0947. The molecule has 1 aliphatic rings. The summed E-state index contributed by atoms with van der Waals surface area (Å²) in [5.41, 5.74) is -0.361. The van der Waals surface area contributed by atoms with E-state index < -0.39 is 39.5 Å². The lowest BCUT2D eigenvalue weighted by atomic mass is 10.0. The highest BCUT2D eigenvalue weighted by atomic mass is 35.5. The van der Waals surface area contributed by atoms with Gasteiger partial charge >= 0.3 is 6.18 Å². The SMILES string of the molecule is O=C(CS(=O)(=O)c1cccc(Cl)c1)c1ncn(C2CCCC2C(F)(F)F)c1Cl. The van der Waals surface area contributed by atoms with Crippen molar-refractivity contribution in [1.29, 1.82) is 0 Å². The number of rotatable bonds is 5. The first-order chi connectivity index (χ1) is 13.0. The number of carbonyl (C=O) groups is 1. The van der Waals surface area contributed by atoms with E-state index in [2.05, 4.69) is 4.98 Å². The van der Waals surface area contributed by atoms with E-state index in [-0.39, 0.29) is 33.6 Å². The Morgan fingerprint density at radius 2 is 1.96 bits per heavy atom. The highest BCUT2D eigenvalue weighted by molar-refractivity contribution is 7.92. The van der Waals surface area contributed by atoms with Crippen molar-refractivity contribution >= 4 is 38.8 Å². The third-order valence-electron chi connectivity index (χ3n) is 4.73. The summed E-state index contributed by atoms with van der Waals surface area (Å²) < 4.78 is 65.6. The van der Waals surface area contributed by atoms with Crippen molar-refractivity contribution in [2.45, 2.75) is 36.4 Å². The maximum absolute atomic E-state index is 13.2. The molecule has 1 fully saturated rings. The number of hydrogen-bond donors (Lipinski definition) is 0. The molecule has 0 saturated heterocycles. The fourth-order valence-corrected chi connectivity index (χ4v) is 5.22. The third kappa shape index (κ3) is 4.21. The van der Waals surface area contributed by atoms with Crippen LogP contribution in [0.2, 0.25) is 10.2 Å². The number of carbonyl (C=O) groups excluding carboxylic acids is 1. The minimum absolute atomic E-state index is 0.0326. The van der Waals surface area contributed by atoms with Gasteiger partial charge in [-0.15, -0.1) is 0 Å². The normalized spacial score (nSPS) is 20.5. The summed E-state index contributed by atoms with van der Waals surface area (Å²) in [5.74, 6) is -3.40. The van der Waals surface area contributed by atoms with E-state index in [1.807, 2.05) is 0 Å². The van der Waals surface area contributed by atoms with E-state index in [9.17, 15) is 26.4 Å². The molecule has 11 heteroatoms. The Kier molecular flexibility index (Phi) is 5.80. The van der Waals surface area contributed by atoms with Crippen molar-refractivity contribution in [3.05, 3.63) is 46.5 Å². The van der Waals surface area contributed by atoms with Gasteiger partial charge in [0.2, 0.25) is 0 Å². The number of Topliss-reactive ketones (excluding diaryl/α,β-unsaturated/α-hetero) is 1. The Morgan fingerprint density at radius 1 is 1.25 bits per heavy atom. The van der Waals surface area contributed by atoms with Crippen molar-refractivity contribution in [3.8, 4) is 0 Å². The van der Waals surface area contributed by atoms with Crippen LogP contribution in [0.25, 0.3) is 0 Å². The Labute approximate surface area is 169 Å². The molecule has 0 amide bonds. The van der Waals surface area contributed by atoms with Gasteiger partial charge in [0.05, 0.1) is 17.1 Å². The number of halogens is 5. The first-order valence-corrected chi connectivity index (χ1v) is 10.7. The summed E-state index contributed by atoms with van der Waals surface area (Å²) in [6, 6.07) is 4.45. The number of benzene rings is 1. The van der Waals surface area contributed by atoms with Crippen LogP contribution in [-0.4, -0.2) is 35.7 Å². The zero-order valence-corrected chi connectivity index (χ0v) is 16.6. The molecule has 2 aromatic rings. The van der Waals surface area contributed by atoms with Crippen LogP contribution in [0, 0.1) is 5.92 Å². The molecule has 0 bridgehead atoms. The lowest BCUT2D eigenvalue weighted by Crippen LogP contribution is -2.28. The molecule has 1 heterocycles. The van der Waals surface area contributed by atoms with Crippen molar-refractivity contribution in [2.75, 3.05) is 5.75 Å². The first kappa shape index (κ1) is 21.1. The van der Waals surface area contributed by atoms with Crippen LogP contribution >= 0.6 is 23.2 Å². The summed E-state index contributed by atoms with van der Waals surface area (Å²) in [6.45, 7) is 0. The summed E-state index contributed by atoms with van der Waals surface area (Å²) in [7, 11) is -4.01. The van der Waals surface area contributed by atoms with Gasteiger partial charge in [-0.2, -0.15) is 13.2 Å². The molecule has 3 rings (SSSR count). The van der Waals surface area contributed by atoms with E-state index in [1.54, 1.807) is 0 Å². The number of sulfone groups is 1. The number of hydrogen-bond acceptors (Lipinski definition) is 4. The fourth-order valence-electron chi connectivity index (χ4n) is 3.40. The average Bonchev–Trinajstić information content (AvgIpc) is 3.20. The van der Waals surface area contributed by atoms with E-state index in [4.69, 9.17) is 23.2 Å². The summed E-state index contributed by atoms with van der Waals surface area (Å²) in [6.07, 6.45) is -2.75. The Morgan fingerprint density at radius 3 is 2.61 bits per heavy atom. The minimum Gasteiger partial charge on any atom is -0.317 e.